The van der Waals surface area contributed by atoms with Gasteiger partial charge >= 0.3 is 0 Å². The number of anilines is 1. The maximum absolute atomic E-state index is 13.4. The maximum atomic E-state index is 13.4. The third-order valence-corrected chi connectivity index (χ3v) is 3.35. The molecule has 1 unspecified atom stereocenters. The Morgan fingerprint density at radius 1 is 1.10 bits per heavy atom. The molecule has 20 heavy (non-hydrogen) atoms. The number of aliphatic hydroxyl groups excluding tert-OH is 1. The van der Waals surface area contributed by atoms with Crippen LogP contribution in [0.4, 0.5) is 10.1 Å². The van der Waals surface area contributed by atoms with E-state index in [2.05, 4.69) is 4.98 Å². The highest BCUT2D eigenvalue weighted by atomic mass is 19.1. The molecule has 3 rings (SSSR count). The number of aliphatic hydroxyl groups is 1. The standard InChI is InChI=1S/C16H13FN2O/c17-11-4-5-15(18)14(8-11)16(20)13-3-1-2-10-9-19-7-6-12(10)13/h1-9,16,20H,18H2. The highest BCUT2D eigenvalue weighted by Gasteiger charge is 2.16. The van der Waals surface area contributed by atoms with Crippen LogP contribution in [0.3, 0.4) is 0 Å². The first-order valence-electron chi connectivity index (χ1n) is 6.22. The summed E-state index contributed by atoms with van der Waals surface area (Å²) in [6.07, 6.45) is 2.41. The van der Waals surface area contributed by atoms with E-state index in [1.807, 2.05) is 18.2 Å². The van der Waals surface area contributed by atoms with E-state index in [-0.39, 0.29) is 0 Å². The van der Waals surface area contributed by atoms with Crippen LogP contribution < -0.4 is 5.73 Å². The molecule has 3 nitrogen and oxygen atoms in total. The number of nitrogen functional groups attached to an aromatic ring is 1. The first-order valence-corrected chi connectivity index (χ1v) is 6.22. The first kappa shape index (κ1) is 12.6. The van der Waals surface area contributed by atoms with Crippen LogP contribution >= 0.6 is 0 Å². The van der Waals surface area contributed by atoms with Crippen molar-refractivity contribution >= 4 is 16.5 Å². The predicted molar refractivity (Wildman–Crippen MR) is 76.6 cm³/mol. The number of hydrogen-bond donors (Lipinski definition) is 2. The zero-order chi connectivity index (χ0) is 14.1. The van der Waals surface area contributed by atoms with E-state index in [1.54, 1.807) is 18.5 Å². The van der Waals surface area contributed by atoms with Gasteiger partial charge < -0.3 is 10.8 Å². The van der Waals surface area contributed by atoms with Crippen LogP contribution in [0.1, 0.15) is 17.2 Å². The average molecular weight is 268 g/mol. The molecule has 0 radical (unpaired) electrons. The van der Waals surface area contributed by atoms with Crippen molar-refractivity contribution < 1.29 is 9.50 Å². The van der Waals surface area contributed by atoms with Crippen LogP contribution in [-0.4, -0.2) is 10.1 Å². The lowest BCUT2D eigenvalue weighted by atomic mass is 9.96. The fourth-order valence-corrected chi connectivity index (χ4v) is 2.34. The summed E-state index contributed by atoms with van der Waals surface area (Å²) in [7, 11) is 0. The van der Waals surface area contributed by atoms with Crippen molar-refractivity contribution in [3.05, 3.63) is 71.8 Å². The van der Waals surface area contributed by atoms with Gasteiger partial charge in [-0.25, -0.2) is 4.39 Å². The van der Waals surface area contributed by atoms with Crippen molar-refractivity contribution in [2.24, 2.45) is 0 Å². The molecule has 0 aliphatic heterocycles. The highest BCUT2D eigenvalue weighted by molar-refractivity contribution is 5.85. The Bertz CT molecular complexity index is 768. The second-order valence-corrected chi connectivity index (χ2v) is 4.62. The summed E-state index contributed by atoms with van der Waals surface area (Å²) >= 11 is 0. The Morgan fingerprint density at radius 3 is 2.80 bits per heavy atom. The molecular weight excluding hydrogens is 255 g/mol. The molecular formula is C16H13FN2O. The Balaban J connectivity index is 2.17. The molecule has 1 aromatic heterocycles. The number of aromatic nitrogens is 1. The Morgan fingerprint density at radius 2 is 1.95 bits per heavy atom. The van der Waals surface area contributed by atoms with E-state index in [1.165, 1.54) is 18.2 Å². The second-order valence-electron chi connectivity index (χ2n) is 4.62. The number of rotatable bonds is 2. The zero-order valence-corrected chi connectivity index (χ0v) is 10.6. The molecule has 2 aromatic carbocycles. The van der Waals surface area contributed by atoms with Gasteiger partial charge in [0.1, 0.15) is 11.9 Å². The van der Waals surface area contributed by atoms with E-state index in [4.69, 9.17) is 5.73 Å². The van der Waals surface area contributed by atoms with Crippen molar-refractivity contribution in [1.29, 1.82) is 0 Å². The molecule has 0 spiro atoms. The number of pyridine rings is 1. The third kappa shape index (κ3) is 2.10. The molecule has 0 aliphatic rings. The fourth-order valence-electron chi connectivity index (χ4n) is 2.34. The summed E-state index contributed by atoms with van der Waals surface area (Å²) in [6, 6.07) is 11.4. The minimum Gasteiger partial charge on any atom is -0.398 e. The van der Waals surface area contributed by atoms with E-state index < -0.39 is 11.9 Å². The van der Waals surface area contributed by atoms with Crippen LogP contribution in [0.5, 0.6) is 0 Å². The number of nitrogens with zero attached hydrogens (tertiary/aromatic N) is 1. The lowest BCUT2D eigenvalue weighted by Gasteiger charge is -2.16. The average Bonchev–Trinajstić information content (AvgIpc) is 2.48. The van der Waals surface area contributed by atoms with Gasteiger partial charge in [-0.3, -0.25) is 4.98 Å². The number of halogens is 1. The second kappa shape index (κ2) is 4.90. The van der Waals surface area contributed by atoms with Crippen molar-refractivity contribution in [1.82, 2.24) is 4.98 Å². The Labute approximate surface area is 115 Å². The molecule has 4 heteroatoms. The topological polar surface area (TPSA) is 59.1 Å². The summed E-state index contributed by atoms with van der Waals surface area (Å²) in [4.78, 5) is 4.05. The van der Waals surface area contributed by atoms with Crippen LogP contribution in [0.15, 0.2) is 54.9 Å². The SMILES string of the molecule is Nc1ccc(F)cc1C(O)c1cccc2cnccc12. The third-order valence-electron chi connectivity index (χ3n) is 3.35. The normalized spacial score (nSPS) is 12.5. The molecule has 1 heterocycles. The van der Waals surface area contributed by atoms with Crippen molar-refractivity contribution in [2.75, 3.05) is 5.73 Å². The summed E-state index contributed by atoms with van der Waals surface area (Å²) in [5.74, 6) is -0.421. The van der Waals surface area contributed by atoms with Crippen molar-refractivity contribution in [2.45, 2.75) is 6.10 Å². The zero-order valence-electron chi connectivity index (χ0n) is 10.6. The Hall–Kier alpha value is -2.46. The molecule has 0 aliphatic carbocycles. The maximum Gasteiger partial charge on any atom is 0.123 e. The molecule has 0 saturated carbocycles. The summed E-state index contributed by atoms with van der Waals surface area (Å²) in [5, 5.41) is 12.3. The van der Waals surface area contributed by atoms with Gasteiger partial charge in [0.15, 0.2) is 0 Å². The summed E-state index contributed by atoms with van der Waals surface area (Å²) in [6.45, 7) is 0. The van der Waals surface area contributed by atoms with E-state index >= 15 is 0 Å². The Kier molecular flexibility index (Phi) is 3.08. The van der Waals surface area contributed by atoms with Gasteiger partial charge in [0.25, 0.3) is 0 Å². The molecule has 0 bridgehead atoms. The van der Waals surface area contributed by atoms with Crippen LogP contribution in [-0.2, 0) is 0 Å². The quantitative estimate of drug-likeness (QED) is 0.702. The fraction of sp³-hybridized carbons (Fsp3) is 0.0625. The van der Waals surface area contributed by atoms with E-state index in [0.29, 0.717) is 16.8 Å². The lowest BCUT2D eigenvalue weighted by Crippen LogP contribution is -2.05. The van der Waals surface area contributed by atoms with Crippen LogP contribution in [0, 0.1) is 5.82 Å². The molecule has 0 fully saturated rings. The largest absolute Gasteiger partial charge is 0.398 e. The monoisotopic (exact) mass is 268 g/mol. The van der Waals surface area contributed by atoms with Crippen molar-refractivity contribution in [3.8, 4) is 0 Å². The number of nitrogens with two attached hydrogens (primary N) is 1. The van der Waals surface area contributed by atoms with E-state index in [0.717, 1.165) is 10.8 Å². The summed E-state index contributed by atoms with van der Waals surface area (Å²) < 4.78 is 13.4. The van der Waals surface area contributed by atoms with Gasteiger partial charge in [-0.05, 0) is 35.2 Å². The minimum absolute atomic E-state index is 0.366. The molecule has 3 aromatic rings. The minimum atomic E-state index is -0.975. The summed E-state index contributed by atoms with van der Waals surface area (Å²) in [5.41, 5.74) is 7.25. The molecule has 3 N–H and O–H groups in total. The molecule has 0 saturated heterocycles. The lowest BCUT2D eigenvalue weighted by molar-refractivity contribution is 0.222. The van der Waals surface area contributed by atoms with E-state index in [9.17, 15) is 9.50 Å². The van der Waals surface area contributed by atoms with Crippen molar-refractivity contribution in [3.63, 3.8) is 0 Å². The predicted octanol–water partition coefficient (Wildman–Crippen LogP) is 3.04. The molecule has 100 valence electrons. The van der Waals surface area contributed by atoms with Gasteiger partial charge in [-0.15, -0.1) is 0 Å². The van der Waals surface area contributed by atoms with Gasteiger partial charge in [0.2, 0.25) is 0 Å². The van der Waals surface area contributed by atoms with Crippen LogP contribution in [0.25, 0.3) is 10.8 Å². The van der Waals surface area contributed by atoms with Gasteiger partial charge in [0, 0.05) is 29.0 Å². The molecule has 1 atom stereocenters. The van der Waals surface area contributed by atoms with Gasteiger partial charge in [-0.2, -0.15) is 0 Å². The number of benzene rings is 2. The molecule has 0 amide bonds. The number of hydrogen-bond acceptors (Lipinski definition) is 3. The van der Waals surface area contributed by atoms with Crippen LogP contribution in [0.2, 0.25) is 0 Å². The number of fused-ring (bicyclic) bond motifs is 1. The first-order chi connectivity index (χ1) is 9.66. The van der Waals surface area contributed by atoms with Gasteiger partial charge in [-0.1, -0.05) is 18.2 Å². The van der Waals surface area contributed by atoms with Gasteiger partial charge in [0.05, 0.1) is 0 Å². The smallest absolute Gasteiger partial charge is 0.123 e. The highest BCUT2D eigenvalue weighted by Crippen LogP contribution is 2.31.